The zero-order chi connectivity index (χ0) is 13.3. The van der Waals surface area contributed by atoms with Gasteiger partial charge < -0.3 is 4.43 Å². The maximum atomic E-state index is 6.02. The van der Waals surface area contributed by atoms with Crippen molar-refractivity contribution in [3.63, 3.8) is 0 Å². The summed E-state index contributed by atoms with van der Waals surface area (Å²) in [5, 5.41) is 0. The van der Waals surface area contributed by atoms with Crippen molar-refractivity contribution in [1.29, 1.82) is 0 Å². The monoisotopic (exact) mass is 268 g/mol. The minimum atomic E-state index is -1.28. The van der Waals surface area contributed by atoms with E-state index in [2.05, 4.69) is 67.2 Å². The molecule has 0 atom stereocenters. The van der Waals surface area contributed by atoms with Gasteiger partial charge >= 0.3 is 0 Å². The van der Waals surface area contributed by atoms with Crippen molar-refractivity contribution in [2.75, 3.05) is 6.61 Å². The lowest BCUT2D eigenvalue weighted by Crippen LogP contribution is -2.25. The third-order valence-corrected chi connectivity index (χ3v) is 5.58. The van der Waals surface area contributed by atoms with Gasteiger partial charge in [0.2, 0.25) is 0 Å². The summed E-state index contributed by atoms with van der Waals surface area (Å²) in [6, 6.07) is 23.4. The Kier molecular flexibility index (Phi) is 5.60. The Bertz CT molecular complexity index is 440. The van der Waals surface area contributed by atoms with Crippen LogP contribution in [-0.4, -0.2) is 15.6 Å². The molecular formula is C17H20OSi. The summed E-state index contributed by atoms with van der Waals surface area (Å²) in [5.41, 5.74) is 2.75. The van der Waals surface area contributed by atoms with E-state index in [1.165, 1.54) is 11.1 Å². The maximum Gasteiger partial charge on any atom is 0.186 e. The van der Waals surface area contributed by atoms with Gasteiger partial charge in [0, 0.05) is 0 Å². The molecule has 2 rings (SSSR count). The number of rotatable bonds is 7. The molecule has 98 valence electrons. The van der Waals surface area contributed by atoms with Gasteiger partial charge in [-0.1, -0.05) is 66.7 Å². The Morgan fingerprint density at radius 1 is 0.842 bits per heavy atom. The van der Waals surface area contributed by atoms with Crippen LogP contribution in [0.2, 0.25) is 0 Å². The topological polar surface area (TPSA) is 9.23 Å². The SMILES string of the molecule is C=CCO[SiH](Cc1ccccc1)Cc1ccccc1. The van der Waals surface area contributed by atoms with Crippen LogP contribution in [0.1, 0.15) is 11.1 Å². The predicted octanol–water partition coefficient (Wildman–Crippen LogP) is 3.48. The molecule has 2 aromatic rings. The zero-order valence-electron chi connectivity index (χ0n) is 11.2. The summed E-state index contributed by atoms with van der Waals surface area (Å²) in [7, 11) is -1.28. The molecule has 19 heavy (non-hydrogen) atoms. The van der Waals surface area contributed by atoms with E-state index in [9.17, 15) is 0 Å². The second kappa shape index (κ2) is 7.72. The normalized spacial score (nSPS) is 10.6. The number of hydrogen-bond acceptors (Lipinski definition) is 1. The molecule has 0 aliphatic heterocycles. The fourth-order valence-electron chi connectivity index (χ4n) is 2.15. The summed E-state index contributed by atoms with van der Waals surface area (Å²) >= 11 is 0. The fourth-order valence-corrected chi connectivity index (χ4v) is 4.53. The van der Waals surface area contributed by atoms with Crippen LogP contribution in [0.3, 0.4) is 0 Å². The van der Waals surface area contributed by atoms with Gasteiger partial charge in [0.05, 0.1) is 6.61 Å². The van der Waals surface area contributed by atoms with Crippen molar-refractivity contribution in [1.82, 2.24) is 0 Å². The first kappa shape index (κ1) is 13.8. The second-order valence-electron chi connectivity index (χ2n) is 4.62. The molecule has 0 aliphatic carbocycles. The predicted molar refractivity (Wildman–Crippen MR) is 83.6 cm³/mol. The van der Waals surface area contributed by atoms with E-state index in [0.717, 1.165) is 12.1 Å². The molecule has 0 unspecified atom stereocenters. The van der Waals surface area contributed by atoms with Gasteiger partial charge in [-0.2, -0.15) is 0 Å². The smallest absolute Gasteiger partial charge is 0.186 e. The first-order valence-electron chi connectivity index (χ1n) is 6.69. The van der Waals surface area contributed by atoms with Gasteiger partial charge in [-0.25, -0.2) is 0 Å². The average molecular weight is 268 g/mol. The number of benzene rings is 2. The van der Waals surface area contributed by atoms with Gasteiger partial charge in [-0.05, 0) is 23.2 Å². The third-order valence-electron chi connectivity index (χ3n) is 3.06. The van der Waals surface area contributed by atoms with Gasteiger partial charge in [-0.15, -0.1) is 6.58 Å². The maximum absolute atomic E-state index is 6.02. The lowest BCUT2D eigenvalue weighted by atomic mass is 10.2. The molecule has 0 aromatic heterocycles. The molecule has 0 radical (unpaired) electrons. The highest BCUT2D eigenvalue weighted by Crippen LogP contribution is 2.09. The quantitative estimate of drug-likeness (QED) is 0.552. The molecule has 2 heteroatoms. The van der Waals surface area contributed by atoms with Crippen molar-refractivity contribution in [3.05, 3.63) is 84.4 Å². The lowest BCUT2D eigenvalue weighted by Gasteiger charge is -2.15. The highest BCUT2D eigenvalue weighted by atomic mass is 28.3. The summed E-state index contributed by atoms with van der Waals surface area (Å²) < 4.78 is 6.02. The minimum absolute atomic E-state index is 0.663. The Hall–Kier alpha value is -1.64. The molecule has 0 aliphatic rings. The molecule has 0 fully saturated rings. The van der Waals surface area contributed by atoms with E-state index in [0.29, 0.717) is 6.61 Å². The molecule has 0 saturated carbocycles. The Morgan fingerprint density at radius 2 is 1.32 bits per heavy atom. The summed E-state index contributed by atoms with van der Waals surface area (Å²) in [5.74, 6) is 0. The highest BCUT2D eigenvalue weighted by Gasteiger charge is 2.13. The fraction of sp³-hybridized carbons (Fsp3) is 0.176. The first-order chi connectivity index (χ1) is 9.38. The second-order valence-corrected chi connectivity index (χ2v) is 7.02. The Balaban J connectivity index is 2.01. The van der Waals surface area contributed by atoms with Crippen molar-refractivity contribution < 1.29 is 4.43 Å². The number of hydrogen-bond donors (Lipinski definition) is 0. The van der Waals surface area contributed by atoms with Crippen LogP contribution in [0.25, 0.3) is 0 Å². The minimum Gasteiger partial charge on any atom is -0.416 e. The van der Waals surface area contributed by atoms with E-state index in [1.807, 2.05) is 6.08 Å². The summed E-state index contributed by atoms with van der Waals surface area (Å²) in [6.45, 7) is 4.41. The largest absolute Gasteiger partial charge is 0.416 e. The summed E-state index contributed by atoms with van der Waals surface area (Å²) in [6.07, 6.45) is 1.84. The molecule has 0 N–H and O–H groups in total. The first-order valence-corrected chi connectivity index (χ1v) is 8.79. The van der Waals surface area contributed by atoms with Crippen LogP contribution in [0.15, 0.2) is 73.3 Å². The van der Waals surface area contributed by atoms with Crippen molar-refractivity contribution in [2.45, 2.75) is 12.1 Å². The zero-order valence-corrected chi connectivity index (χ0v) is 12.3. The van der Waals surface area contributed by atoms with Gasteiger partial charge in [-0.3, -0.25) is 0 Å². The van der Waals surface area contributed by atoms with Gasteiger partial charge in [0.25, 0.3) is 0 Å². The van der Waals surface area contributed by atoms with Gasteiger partial charge in [0.1, 0.15) is 0 Å². The molecule has 0 heterocycles. The van der Waals surface area contributed by atoms with E-state index in [1.54, 1.807) is 0 Å². The Morgan fingerprint density at radius 3 is 1.74 bits per heavy atom. The van der Waals surface area contributed by atoms with Gasteiger partial charge in [0.15, 0.2) is 9.04 Å². The van der Waals surface area contributed by atoms with E-state index in [-0.39, 0.29) is 0 Å². The van der Waals surface area contributed by atoms with Crippen LogP contribution in [-0.2, 0) is 16.5 Å². The molecule has 0 spiro atoms. The lowest BCUT2D eigenvalue weighted by molar-refractivity contribution is 0.364. The molecule has 2 aromatic carbocycles. The standard InChI is InChI=1S/C17H20OSi/c1-2-13-18-19(14-16-9-5-3-6-10-16)15-17-11-7-4-8-12-17/h2-12,19H,1,13-15H2. The molecule has 0 saturated heterocycles. The highest BCUT2D eigenvalue weighted by molar-refractivity contribution is 6.50. The average Bonchev–Trinajstić information content (AvgIpc) is 2.47. The Labute approximate surface area is 117 Å². The van der Waals surface area contributed by atoms with E-state index >= 15 is 0 Å². The van der Waals surface area contributed by atoms with Crippen molar-refractivity contribution in [2.24, 2.45) is 0 Å². The van der Waals surface area contributed by atoms with Crippen LogP contribution < -0.4 is 0 Å². The van der Waals surface area contributed by atoms with Crippen molar-refractivity contribution in [3.8, 4) is 0 Å². The van der Waals surface area contributed by atoms with Crippen LogP contribution in [0.5, 0.6) is 0 Å². The van der Waals surface area contributed by atoms with E-state index in [4.69, 9.17) is 4.43 Å². The molecule has 0 bridgehead atoms. The van der Waals surface area contributed by atoms with Crippen LogP contribution >= 0.6 is 0 Å². The van der Waals surface area contributed by atoms with E-state index < -0.39 is 9.04 Å². The van der Waals surface area contributed by atoms with Crippen molar-refractivity contribution >= 4 is 9.04 Å². The van der Waals surface area contributed by atoms with Crippen LogP contribution in [0.4, 0.5) is 0 Å². The summed E-state index contributed by atoms with van der Waals surface area (Å²) in [4.78, 5) is 0. The van der Waals surface area contributed by atoms with Crippen LogP contribution in [0, 0.1) is 0 Å². The molecular weight excluding hydrogens is 248 g/mol. The third kappa shape index (κ3) is 4.85. The molecule has 0 amide bonds. The molecule has 1 nitrogen and oxygen atoms in total.